The number of unbranched alkanes of at least 4 members (excludes halogenated alkanes) is 3. The number of halogens is 1. The highest BCUT2D eigenvalue weighted by Gasteiger charge is 2.75. The van der Waals surface area contributed by atoms with Crippen LogP contribution in [0.15, 0.2) is 23.8 Å². The fraction of sp³-hybridized carbons (Fsp3) is 0.778. The van der Waals surface area contributed by atoms with E-state index in [-0.39, 0.29) is 29.9 Å². The van der Waals surface area contributed by atoms with Crippen LogP contribution in [0.1, 0.15) is 79.1 Å². The number of hydrogen-bond acceptors (Lipinski definition) is 4. The van der Waals surface area contributed by atoms with E-state index in [1.807, 2.05) is 13.8 Å². The number of nitrogens with one attached hydrogen (secondary N) is 1. The average molecular weight is 462 g/mol. The van der Waals surface area contributed by atoms with Crippen LogP contribution in [0.2, 0.25) is 0 Å². The highest BCUT2D eigenvalue weighted by Crippen LogP contribution is 2.70. The number of aliphatic hydroxyl groups excluding tert-OH is 1. The fourth-order valence-corrected chi connectivity index (χ4v) is 7.92. The summed E-state index contributed by atoms with van der Waals surface area (Å²) in [4.78, 5) is 25.3. The molecule has 0 aliphatic heterocycles. The van der Waals surface area contributed by atoms with Gasteiger partial charge >= 0.3 is 0 Å². The smallest absolute Gasteiger partial charge is 0.252 e. The van der Waals surface area contributed by atoms with Gasteiger partial charge in [0.2, 0.25) is 0 Å². The Balaban J connectivity index is 1.64. The van der Waals surface area contributed by atoms with Crippen LogP contribution in [0.5, 0.6) is 0 Å². The van der Waals surface area contributed by atoms with Crippen molar-refractivity contribution in [2.24, 2.45) is 28.6 Å². The first-order chi connectivity index (χ1) is 15.5. The van der Waals surface area contributed by atoms with Gasteiger partial charge in [-0.15, -0.1) is 0 Å². The zero-order valence-electron chi connectivity index (χ0n) is 20.5. The normalized spacial score (nSPS) is 46.3. The molecule has 3 fully saturated rings. The molecule has 3 N–H and O–H groups in total. The molecule has 4 rings (SSSR count). The summed E-state index contributed by atoms with van der Waals surface area (Å²) >= 11 is 0. The van der Waals surface area contributed by atoms with Gasteiger partial charge in [0.15, 0.2) is 17.1 Å². The third-order valence-corrected chi connectivity index (χ3v) is 9.88. The lowest BCUT2D eigenvalue weighted by molar-refractivity contribution is -0.219. The van der Waals surface area contributed by atoms with Crippen molar-refractivity contribution in [1.29, 1.82) is 0 Å². The first-order valence-corrected chi connectivity index (χ1v) is 12.8. The van der Waals surface area contributed by atoms with Crippen LogP contribution in [-0.2, 0) is 9.59 Å². The number of hydrogen-bond donors (Lipinski definition) is 3. The molecule has 0 aromatic carbocycles. The molecule has 1 amide bonds. The van der Waals surface area contributed by atoms with Gasteiger partial charge in [0, 0.05) is 23.3 Å². The number of alkyl halides is 1. The number of fused-ring (bicyclic) bond motifs is 5. The van der Waals surface area contributed by atoms with E-state index in [2.05, 4.69) is 12.2 Å². The monoisotopic (exact) mass is 461 g/mol. The van der Waals surface area contributed by atoms with Gasteiger partial charge in [0.05, 0.1) is 6.10 Å². The number of ketones is 1. The van der Waals surface area contributed by atoms with Gasteiger partial charge < -0.3 is 15.5 Å². The second-order valence-corrected chi connectivity index (χ2v) is 11.5. The molecule has 6 heteroatoms. The summed E-state index contributed by atoms with van der Waals surface area (Å²) in [6, 6.07) is 0. The number of allylic oxidation sites excluding steroid dienone is 4. The minimum Gasteiger partial charge on any atom is -0.390 e. The Kier molecular flexibility index (Phi) is 6.18. The van der Waals surface area contributed by atoms with Crippen LogP contribution in [0, 0.1) is 28.6 Å². The van der Waals surface area contributed by atoms with E-state index in [0.717, 1.165) is 31.3 Å². The van der Waals surface area contributed by atoms with E-state index >= 15 is 4.39 Å². The van der Waals surface area contributed by atoms with Crippen molar-refractivity contribution < 1.29 is 24.2 Å². The molecule has 0 aromatic heterocycles. The Labute approximate surface area is 196 Å². The van der Waals surface area contributed by atoms with Crippen molar-refractivity contribution in [1.82, 2.24) is 5.32 Å². The molecule has 0 radical (unpaired) electrons. The maximum atomic E-state index is 17.1. The number of carbonyl (C=O) groups excluding carboxylic acids is 2. The first kappa shape index (κ1) is 24.6. The summed E-state index contributed by atoms with van der Waals surface area (Å²) in [6.07, 6.45) is 8.97. The lowest BCUT2D eigenvalue weighted by Crippen LogP contribution is -2.70. The maximum Gasteiger partial charge on any atom is 0.252 e. The summed E-state index contributed by atoms with van der Waals surface area (Å²) < 4.78 is 17.1. The van der Waals surface area contributed by atoms with Gasteiger partial charge in [0.25, 0.3) is 5.91 Å². The van der Waals surface area contributed by atoms with Gasteiger partial charge in [-0.1, -0.05) is 51.7 Å². The molecule has 8 atom stereocenters. The number of rotatable bonds is 6. The molecular weight excluding hydrogens is 421 g/mol. The van der Waals surface area contributed by atoms with Crippen LogP contribution in [0.25, 0.3) is 0 Å². The zero-order valence-corrected chi connectivity index (χ0v) is 20.5. The van der Waals surface area contributed by atoms with E-state index in [0.29, 0.717) is 25.8 Å². The van der Waals surface area contributed by atoms with Gasteiger partial charge in [0.1, 0.15) is 0 Å². The Hall–Kier alpha value is -1.53. The molecule has 1 unspecified atom stereocenters. The number of amides is 1. The van der Waals surface area contributed by atoms with E-state index < -0.39 is 34.1 Å². The highest BCUT2D eigenvalue weighted by molar-refractivity contribution is 6.01. The highest BCUT2D eigenvalue weighted by atomic mass is 19.1. The van der Waals surface area contributed by atoms with E-state index in [4.69, 9.17) is 0 Å². The summed E-state index contributed by atoms with van der Waals surface area (Å²) in [7, 11) is 0. The van der Waals surface area contributed by atoms with E-state index in [9.17, 15) is 19.8 Å². The Morgan fingerprint density at radius 3 is 2.67 bits per heavy atom. The molecule has 4 aliphatic carbocycles. The summed E-state index contributed by atoms with van der Waals surface area (Å²) in [5.41, 5.74) is -4.84. The van der Waals surface area contributed by atoms with Crippen LogP contribution < -0.4 is 5.32 Å². The molecule has 3 saturated carbocycles. The maximum absolute atomic E-state index is 17.1. The predicted molar refractivity (Wildman–Crippen MR) is 125 cm³/mol. The lowest BCUT2D eigenvalue weighted by Gasteiger charge is -2.62. The Morgan fingerprint density at radius 2 is 1.97 bits per heavy atom. The molecule has 0 saturated heterocycles. The van der Waals surface area contributed by atoms with Crippen LogP contribution in [0.4, 0.5) is 4.39 Å². The SMILES string of the molecule is CCCCCCNC(=O)[C@@]1(O)[C@H](C)CC2[C@@H]3CCC4=CC(=O)C=C[C@]4(C)[C@@]3(F)[C@@H](O)C[C@@]21C. The van der Waals surface area contributed by atoms with Gasteiger partial charge in [-0.2, -0.15) is 0 Å². The van der Waals surface area contributed by atoms with Crippen molar-refractivity contribution in [2.45, 2.75) is 96.4 Å². The van der Waals surface area contributed by atoms with Gasteiger partial charge in [-0.05, 0) is 63.0 Å². The molecule has 184 valence electrons. The first-order valence-electron chi connectivity index (χ1n) is 12.8. The molecule has 0 bridgehead atoms. The Morgan fingerprint density at radius 1 is 1.24 bits per heavy atom. The van der Waals surface area contributed by atoms with Crippen molar-refractivity contribution in [3.05, 3.63) is 23.8 Å². The lowest BCUT2D eigenvalue weighted by atomic mass is 9.44. The van der Waals surface area contributed by atoms with Crippen LogP contribution in [-0.4, -0.2) is 45.8 Å². The van der Waals surface area contributed by atoms with Crippen LogP contribution in [0.3, 0.4) is 0 Å². The molecule has 0 aromatic rings. The fourth-order valence-electron chi connectivity index (χ4n) is 7.92. The second-order valence-electron chi connectivity index (χ2n) is 11.5. The Bertz CT molecular complexity index is 885. The molecule has 5 nitrogen and oxygen atoms in total. The second kappa shape index (κ2) is 8.30. The number of carbonyl (C=O) groups is 2. The minimum absolute atomic E-state index is 0.0133. The standard InChI is InChI=1S/C27H40FNO4/c1-5-6-7-8-13-29-23(32)27(33)17(2)14-21-20-10-9-18-15-19(30)11-12-24(18,3)26(20,28)22(31)16-25(21,27)4/h11-12,15,17,20-22,31,33H,5-10,13-14,16H2,1-4H3,(H,29,32)/t17-,20+,21?,22+,24+,25+,26+,27+/m1/s1. The third kappa shape index (κ3) is 3.23. The molecular formula is C27H40FNO4. The van der Waals surface area contributed by atoms with Crippen molar-refractivity contribution in [2.75, 3.05) is 6.54 Å². The largest absolute Gasteiger partial charge is 0.390 e. The molecule has 4 aliphatic rings. The van der Waals surface area contributed by atoms with Crippen LogP contribution >= 0.6 is 0 Å². The molecule has 33 heavy (non-hydrogen) atoms. The van der Waals surface area contributed by atoms with Crippen molar-refractivity contribution >= 4 is 11.7 Å². The summed E-state index contributed by atoms with van der Waals surface area (Å²) in [6.45, 7) is 8.18. The predicted octanol–water partition coefficient (Wildman–Crippen LogP) is 4.03. The summed E-state index contributed by atoms with van der Waals surface area (Å²) in [5.74, 6) is -1.60. The summed E-state index contributed by atoms with van der Waals surface area (Å²) in [5, 5.41) is 26.2. The molecule has 0 spiro atoms. The van der Waals surface area contributed by atoms with Crippen molar-refractivity contribution in [3.8, 4) is 0 Å². The average Bonchev–Trinajstić information content (AvgIpc) is 2.96. The molecule has 0 heterocycles. The zero-order chi connectivity index (χ0) is 24.2. The number of aliphatic hydroxyl groups is 2. The van der Waals surface area contributed by atoms with Crippen molar-refractivity contribution in [3.63, 3.8) is 0 Å². The van der Waals surface area contributed by atoms with E-state index in [1.165, 1.54) is 12.2 Å². The minimum atomic E-state index is -1.94. The van der Waals surface area contributed by atoms with Gasteiger partial charge in [-0.3, -0.25) is 9.59 Å². The topological polar surface area (TPSA) is 86.6 Å². The third-order valence-electron chi connectivity index (χ3n) is 9.88. The quantitative estimate of drug-likeness (QED) is 0.521. The van der Waals surface area contributed by atoms with Gasteiger partial charge in [-0.25, -0.2) is 4.39 Å². The van der Waals surface area contributed by atoms with E-state index in [1.54, 1.807) is 13.0 Å².